The number of amidine groups is 1. The molecule has 4 heteroatoms. The van der Waals surface area contributed by atoms with Crippen molar-refractivity contribution in [1.29, 1.82) is 5.41 Å². The minimum absolute atomic E-state index is 0.264. The van der Waals surface area contributed by atoms with Crippen LogP contribution in [0.2, 0.25) is 0 Å². The molecule has 1 rings (SSSR count). The summed E-state index contributed by atoms with van der Waals surface area (Å²) >= 11 is 0. The summed E-state index contributed by atoms with van der Waals surface area (Å²) in [6.45, 7) is 7.93. The minimum atomic E-state index is 0.264. The molecule has 0 saturated heterocycles. The summed E-state index contributed by atoms with van der Waals surface area (Å²) in [5.74, 6) is 1.35. The van der Waals surface area contributed by atoms with Gasteiger partial charge in [-0.3, -0.25) is 15.8 Å². The lowest BCUT2D eigenvalue weighted by Crippen LogP contribution is -2.34. The van der Waals surface area contributed by atoms with Crippen LogP contribution >= 0.6 is 0 Å². The van der Waals surface area contributed by atoms with Gasteiger partial charge in [-0.25, -0.2) is 4.98 Å². The van der Waals surface area contributed by atoms with Crippen molar-refractivity contribution in [2.75, 3.05) is 12.5 Å². The molecule has 0 aliphatic rings. The zero-order valence-corrected chi connectivity index (χ0v) is 9.99. The van der Waals surface area contributed by atoms with Crippen LogP contribution in [-0.2, 0) is 0 Å². The van der Waals surface area contributed by atoms with Gasteiger partial charge in [-0.15, -0.1) is 0 Å². The lowest BCUT2D eigenvalue weighted by Gasteiger charge is -2.23. The first-order valence-corrected chi connectivity index (χ1v) is 5.21. The number of hydrazine groups is 1. The number of nitrogens with one attached hydrogen (secondary N) is 2. The van der Waals surface area contributed by atoms with Gasteiger partial charge in [-0.05, 0) is 23.6 Å². The van der Waals surface area contributed by atoms with Crippen molar-refractivity contribution < 1.29 is 0 Å². The van der Waals surface area contributed by atoms with E-state index in [9.17, 15) is 0 Å². The van der Waals surface area contributed by atoms with Crippen molar-refractivity contribution in [2.24, 2.45) is 5.92 Å². The maximum absolute atomic E-state index is 7.92. The van der Waals surface area contributed by atoms with Crippen molar-refractivity contribution in [1.82, 2.24) is 9.99 Å². The quantitative estimate of drug-likeness (QED) is 0.464. The molecule has 0 unspecified atom stereocenters. The van der Waals surface area contributed by atoms with Crippen molar-refractivity contribution in [2.45, 2.75) is 13.8 Å². The Bertz CT molecular complexity index is 370. The number of hydrogen-bond acceptors (Lipinski definition) is 3. The van der Waals surface area contributed by atoms with E-state index in [1.807, 2.05) is 32.0 Å². The maximum Gasteiger partial charge on any atom is 0.144 e. The van der Waals surface area contributed by atoms with E-state index in [0.717, 1.165) is 5.57 Å². The van der Waals surface area contributed by atoms with E-state index < -0.39 is 0 Å². The first-order valence-electron chi connectivity index (χ1n) is 5.21. The van der Waals surface area contributed by atoms with Crippen LogP contribution in [0.25, 0.3) is 0 Å². The van der Waals surface area contributed by atoms with Crippen LogP contribution in [0.15, 0.2) is 36.5 Å². The molecule has 86 valence electrons. The predicted octanol–water partition coefficient (Wildman–Crippen LogP) is 2.53. The lowest BCUT2D eigenvalue weighted by atomic mass is 10.0. The third-order valence-electron chi connectivity index (χ3n) is 2.28. The van der Waals surface area contributed by atoms with Crippen LogP contribution in [0, 0.1) is 11.3 Å². The molecule has 0 spiro atoms. The highest BCUT2D eigenvalue weighted by Gasteiger charge is 2.11. The van der Waals surface area contributed by atoms with Crippen LogP contribution < -0.4 is 5.43 Å². The highest BCUT2D eigenvalue weighted by Crippen LogP contribution is 2.11. The Morgan fingerprint density at radius 2 is 2.19 bits per heavy atom. The summed E-state index contributed by atoms with van der Waals surface area (Å²) in [5, 5.41) is 9.53. The Labute approximate surface area is 96.5 Å². The van der Waals surface area contributed by atoms with Gasteiger partial charge in [0.25, 0.3) is 0 Å². The molecule has 0 aromatic carbocycles. The van der Waals surface area contributed by atoms with Crippen LogP contribution in [-0.4, -0.2) is 22.9 Å². The third kappa shape index (κ3) is 3.08. The summed E-state index contributed by atoms with van der Waals surface area (Å²) in [4.78, 5) is 4.13. The molecule has 1 aromatic heterocycles. The van der Waals surface area contributed by atoms with Gasteiger partial charge in [-0.1, -0.05) is 26.5 Å². The van der Waals surface area contributed by atoms with Gasteiger partial charge in [0.1, 0.15) is 11.7 Å². The Morgan fingerprint density at radius 1 is 1.50 bits per heavy atom. The average Bonchev–Trinajstić information content (AvgIpc) is 2.28. The molecule has 4 nitrogen and oxygen atoms in total. The number of rotatable bonds is 4. The Balaban J connectivity index is 2.63. The molecule has 1 aromatic rings. The molecule has 0 bridgehead atoms. The van der Waals surface area contributed by atoms with Crippen molar-refractivity contribution >= 4 is 11.7 Å². The second kappa shape index (κ2) is 5.30. The summed E-state index contributed by atoms with van der Waals surface area (Å²) in [7, 11) is 1.78. The number of anilines is 1. The molecule has 0 atom stereocenters. The van der Waals surface area contributed by atoms with Crippen molar-refractivity contribution in [3.8, 4) is 0 Å². The van der Waals surface area contributed by atoms with Crippen LogP contribution in [0.4, 0.5) is 5.82 Å². The Morgan fingerprint density at radius 3 is 2.69 bits per heavy atom. The second-order valence-electron chi connectivity index (χ2n) is 3.91. The van der Waals surface area contributed by atoms with Crippen molar-refractivity contribution in [3.05, 3.63) is 36.5 Å². The predicted molar refractivity (Wildman–Crippen MR) is 67.3 cm³/mol. The summed E-state index contributed by atoms with van der Waals surface area (Å²) in [6.07, 6.45) is 1.71. The number of aromatic nitrogens is 1. The summed E-state index contributed by atoms with van der Waals surface area (Å²) in [5.41, 5.74) is 3.81. The monoisotopic (exact) mass is 218 g/mol. The Kier molecular flexibility index (Phi) is 4.05. The zero-order valence-electron chi connectivity index (χ0n) is 9.99. The van der Waals surface area contributed by atoms with E-state index in [1.54, 1.807) is 18.3 Å². The lowest BCUT2D eigenvalue weighted by molar-refractivity contribution is 0.588. The fraction of sp³-hybridized carbons (Fsp3) is 0.333. The molecule has 0 saturated carbocycles. The fourth-order valence-electron chi connectivity index (χ4n) is 1.15. The number of hydrogen-bond donors (Lipinski definition) is 2. The van der Waals surface area contributed by atoms with Gasteiger partial charge in [0.05, 0.1) is 0 Å². The number of likely N-dealkylation sites (N-methyl/N-ethyl adjacent to an activating group) is 1. The van der Waals surface area contributed by atoms with Crippen LogP contribution in [0.3, 0.4) is 0 Å². The van der Waals surface area contributed by atoms with Gasteiger partial charge >= 0.3 is 0 Å². The molecular formula is C12H18N4. The molecule has 0 aliphatic heterocycles. The minimum Gasteiger partial charge on any atom is -0.283 e. The van der Waals surface area contributed by atoms with Gasteiger partial charge in [-0.2, -0.15) is 0 Å². The molecule has 16 heavy (non-hydrogen) atoms. The first kappa shape index (κ1) is 12.2. The van der Waals surface area contributed by atoms with Crippen LogP contribution in [0.1, 0.15) is 13.8 Å². The topological polar surface area (TPSA) is 52.0 Å². The van der Waals surface area contributed by atoms with Gasteiger partial charge < -0.3 is 0 Å². The molecule has 0 fully saturated rings. The molecule has 2 N–H and O–H groups in total. The van der Waals surface area contributed by atoms with Gasteiger partial charge in [0, 0.05) is 13.2 Å². The number of pyridine rings is 1. The summed E-state index contributed by atoms with van der Waals surface area (Å²) in [6, 6.07) is 5.59. The van der Waals surface area contributed by atoms with E-state index >= 15 is 0 Å². The normalized spacial score (nSPS) is 10.0. The molecule has 0 aliphatic carbocycles. The van der Waals surface area contributed by atoms with E-state index in [2.05, 4.69) is 17.0 Å². The smallest absolute Gasteiger partial charge is 0.144 e. The van der Waals surface area contributed by atoms with Crippen molar-refractivity contribution in [3.63, 3.8) is 0 Å². The molecule has 1 heterocycles. The van der Waals surface area contributed by atoms with Gasteiger partial charge in [0.15, 0.2) is 0 Å². The average molecular weight is 218 g/mol. The van der Waals surface area contributed by atoms with E-state index in [-0.39, 0.29) is 5.92 Å². The SMILES string of the molecule is C=C(C(=N)N(C)Nc1ccccn1)C(C)C. The highest BCUT2D eigenvalue weighted by molar-refractivity contribution is 5.96. The third-order valence-corrected chi connectivity index (χ3v) is 2.28. The number of nitrogens with zero attached hydrogens (tertiary/aromatic N) is 2. The van der Waals surface area contributed by atoms with Gasteiger partial charge in [0.2, 0.25) is 0 Å². The molecule has 0 radical (unpaired) electrons. The first-order chi connectivity index (χ1) is 7.52. The molecular weight excluding hydrogens is 200 g/mol. The van der Waals surface area contributed by atoms with E-state index in [1.165, 1.54) is 0 Å². The largest absolute Gasteiger partial charge is 0.283 e. The van der Waals surface area contributed by atoms with Crippen LogP contribution in [0.5, 0.6) is 0 Å². The summed E-state index contributed by atoms with van der Waals surface area (Å²) < 4.78 is 0. The second-order valence-corrected chi connectivity index (χ2v) is 3.91. The zero-order chi connectivity index (χ0) is 12.1. The maximum atomic E-state index is 7.92. The Hall–Kier alpha value is -1.84. The standard InChI is InChI=1S/C12H18N4/c1-9(2)10(3)12(13)16(4)15-11-7-5-6-8-14-11/h5-9,13H,3H2,1-2,4H3,(H,14,15). The highest BCUT2D eigenvalue weighted by atomic mass is 15.5. The van der Waals surface area contributed by atoms with E-state index in [0.29, 0.717) is 11.7 Å². The fourth-order valence-corrected chi connectivity index (χ4v) is 1.15. The van der Waals surface area contributed by atoms with E-state index in [4.69, 9.17) is 5.41 Å². The molecule has 0 amide bonds.